The number of nitrogen functional groups attached to an aromatic ring is 1. The second kappa shape index (κ2) is 5.72. The van der Waals surface area contributed by atoms with Gasteiger partial charge in [0.1, 0.15) is 11.9 Å². The van der Waals surface area contributed by atoms with Crippen LogP contribution in [0.1, 0.15) is 17.5 Å². The molecule has 2 aromatic heterocycles. The van der Waals surface area contributed by atoms with E-state index in [4.69, 9.17) is 15.0 Å². The third kappa shape index (κ3) is 2.75. The predicted molar refractivity (Wildman–Crippen MR) is 77.2 cm³/mol. The van der Waals surface area contributed by atoms with E-state index in [1.165, 1.54) is 0 Å². The van der Waals surface area contributed by atoms with Gasteiger partial charge >= 0.3 is 0 Å². The van der Waals surface area contributed by atoms with Crippen LogP contribution in [-0.4, -0.2) is 22.2 Å². The fourth-order valence-corrected chi connectivity index (χ4v) is 2.01. The molecule has 0 aliphatic carbocycles. The monoisotopic (exact) mass is 282 g/mol. The Morgan fingerprint density at radius 2 is 1.95 bits per heavy atom. The zero-order chi connectivity index (χ0) is 14.7. The Morgan fingerprint density at radius 1 is 1.14 bits per heavy atom. The molecule has 3 aromatic rings. The van der Waals surface area contributed by atoms with Crippen LogP contribution in [0.25, 0.3) is 11.5 Å². The fourth-order valence-electron chi connectivity index (χ4n) is 2.01. The molecule has 0 saturated carbocycles. The summed E-state index contributed by atoms with van der Waals surface area (Å²) < 4.78 is 10.7. The largest absolute Gasteiger partial charge is 0.384 e. The van der Waals surface area contributed by atoms with Crippen molar-refractivity contribution in [3.05, 3.63) is 60.0 Å². The molecule has 0 saturated heterocycles. The van der Waals surface area contributed by atoms with E-state index in [2.05, 4.69) is 15.1 Å². The third-order valence-corrected chi connectivity index (χ3v) is 3.05. The Morgan fingerprint density at radius 3 is 2.62 bits per heavy atom. The molecule has 106 valence electrons. The Hall–Kier alpha value is -2.73. The van der Waals surface area contributed by atoms with Crippen molar-refractivity contribution < 1.29 is 9.26 Å². The van der Waals surface area contributed by atoms with E-state index in [1.807, 2.05) is 30.3 Å². The summed E-state index contributed by atoms with van der Waals surface area (Å²) in [5, 5.41) is 3.99. The second-order valence-corrected chi connectivity index (χ2v) is 4.46. The number of nitrogens with zero attached hydrogens (tertiary/aromatic N) is 3. The molecule has 0 spiro atoms. The number of nitrogens with two attached hydrogens (primary N) is 1. The highest BCUT2D eigenvalue weighted by Gasteiger charge is 2.20. The van der Waals surface area contributed by atoms with Crippen LogP contribution in [-0.2, 0) is 4.74 Å². The molecule has 0 bridgehead atoms. The van der Waals surface area contributed by atoms with Gasteiger partial charge in [0.2, 0.25) is 5.82 Å². The van der Waals surface area contributed by atoms with Crippen LogP contribution in [0.2, 0.25) is 0 Å². The maximum Gasteiger partial charge on any atom is 0.259 e. The Kier molecular flexibility index (Phi) is 3.61. The summed E-state index contributed by atoms with van der Waals surface area (Å²) >= 11 is 0. The molecule has 1 aromatic carbocycles. The molecular formula is C15H14N4O2. The van der Waals surface area contributed by atoms with Crippen LogP contribution < -0.4 is 5.73 Å². The number of ether oxygens (including phenoxy) is 1. The van der Waals surface area contributed by atoms with Crippen molar-refractivity contribution >= 4 is 5.82 Å². The first-order chi connectivity index (χ1) is 10.3. The van der Waals surface area contributed by atoms with Crippen LogP contribution in [0, 0.1) is 0 Å². The lowest BCUT2D eigenvalue weighted by Gasteiger charge is -2.10. The number of rotatable bonds is 4. The van der Waals surface area contributed by atoms with Crippen LogP contribution in [0.3, 0.4) is 0 Å². The molecular weight excluding hydrogens is 268 g/mol. The lowest BCUT2D eigenvalue weighted by molar-refractivity contribution is 0.126. The highest BCUT2D eigenvalue weighted by atomic mass is 16.5. The Labute approximate surface area is 121 Å². The zero-order valence-electron chi connectivity index (χ0n) is 11.4. The predicted octanol–water partition coefficient (Wildman–Crippen LogP) is 2.45. The third-order valence-electron chi connectivity index (χ3n) is 3.05. The maximum absolute atomic E-state index is 5.56. The van der Waals surface area contributed by atoms with E-state index in [0.717, 1.165) is 5.56 Å². The van der Waals surface area contributed by atoms with Gasteiger partial charge in [-0.3, -0.25) is 0 Å². The first-order valence-electron chi connectivity index (χ1n) is 6.41. The van der Waals surface area contributed by atoms with Crippen molar-refractivity contribution in [1.82, 2.24) is 15.1 Å². The van der Waals surface area contributed by atoms with Crippen molar-refractivity contribution in [2.75, 3.05) is 12.8 Å². The van der Waals surface area contributed by atoms with E-state index in [-0.39, 0.29) is 6.10 Å². The van der Waals surface area contributed by atoms with Gasteiger partial charge in [0.15, 0.2) is 0 Å². The molecule has 2 N–H and O–H groups in total. The SMILES string of the molecule is COC(c1ccccc1)c1noc(-c2ccc(N)nc2)n1. The highest BCUT2D eigenvalue weighted by molar-refractivity contribution is 5.53. The van der Waals surface area contributed by atoms with E-state index >= 15 is 0 Å². The van der Waals surface area contributed by atoms with Crippen molar-refractivity contribution in [2.45, 2.75) is 6.10 Å². The zero-order valence-corrected chi connectivity index (χ0v) is 11.4. The Bertz CT molecular complexity index is 710. The number of pyridine rings is 1. The summed E-state index contributed by atoms with van der Waals surface area (Å²) in [6.07, 6.45) is 1.22. The smallest absolute Gasteiger partial charge is 0.259 e. The van der Waals surface area contributed by atoms with Crippen molar-refractivity contribution in [1.29, 1.82) is 0 Å². The summed E-state index contributed by atoms with van der Waals surface area (Å²) in [4.78, 5) is 8.38. The lowest BCUT2D eigenvalue weighted by Crippen LogP contribution is -2.05. The summed E-state index contributed by atoms with van der Waals surface area (Å²) in [6, 6.07) is 13.2. The first kappa shape index (κ1) is 13.3. The quantitative estimate of drug-likeness (QED) is 0.790. The van der Waals surface area contributed by atoms with Gasteiger partial charge in [-0.2, -0.15) is 4.98 Å². The standard InChI is InChI=1S/C15H14N4O2/c1-20-13(10-5-3-2-4-6-10)14-18-15(21-19-14)11-7-8-12(16)17-9-11/h2-9,13H,1H3,(H2,16,17). The maximum atomic E-state index is 5.56. The fraction of sp³-hybridized carbons (Fsp3) is 0.133. The molecule has 1 unspecified atom stereocenters. The number of benzene rings is 1. The summed E-state index contributed by atoms with van der Waals surface area (Å²) in [7, 11) is 1.61. The summed E-state index contributed by atoms with van der Waals surface area (Å²) in [6.45, 7) is 0. The van der Waals surface area contributed by atoms with Crippen LogP contribution >= 0.6 is 0 Å². The number of anilines is 1. The van der Waals surface area contributed by atoms with Gasteiger partial charge in [-0.05, 0) is 17.7 Å². The molecule has 2 heterocycles. The highest BCUT2D eigenvalue weighted by Crippen LogP contribution is 2.25. The van der Waals surface area contributed by atoms with E-state index < -0.39 is 0 Å². The average molecular weight is 282 g/mol. The molecule has 0 fully saturated rings. The lowest BCUT2D eigenvalue weighted by atomic mass is 10.1. The molecule has 6 heteroatoms. The van der Waals surface area contributed by atoms with Gasteiger partial charge in [0, 0.05) is 13.3 Å². The number of hydrogen-bond acceptors (Lipinski definition) is 6. The van der Waals surface area contributed by atoms with Crippen LogP contribution in [0.4, 0.5) is 5.82 Å². The molecule has 1 atom stereocenters. The van der Waals surface area contributed by atoms with Gasteiger partial charge in [0.05, 0.1) is 5.56 Å². The van der Waals surface area contributed by atoms with Gasteiger partial charge < -0.3 is 15.0 Å². The second-order valence-electron chi connectivity index (χ2n) is 4.46. The summed E-state index contributed by atoms with van der Waals surface area (Å²) in [5.41, 5.74) is 7.23. The van der Waals surface area contributed by atoms with Crippen molar-refractivity contribution in [2.24, 2.45) is 0 Å². The molecule has 0 aliphatic heterocycles. The minimum Gasteiger partial charge on any atom is -0.384 e. The molecule has 6 nitrogen and oxygen atoms in total. The van der Waals surface area contributed by atoms with Crippen molar-refractivity contribution in [3.63, 3.8) is 0 Å². The molecule has 0 aliphatic rings. The van der Waals surface area contributed by atoms with Gasteiger partial charge in [-0.1, -0.05) is 35.5 Å². The van der Waals surface area contributed by atoms with Gasteiger partial charge in [0.25, 0.3) is 5.89 Å². The van der Waals surface area contributed by atoms with E-state index in [0.29, 0.717) is 23.1 Å². The first-order valence-corrected chi connectivity index (χ1v) is 6.41. The van der Waals surface area contributed by atoms with Crippen molar-refractivity contribution in [3.8, 4) is 11.5 Å². The normalized spacial score (nSPS) is 12.2. The number of hydrogen-bond donors (Lipinski definition) is 1. The van der Waals surface area contributed by atoms with E-state index in [1.54, 1.807) is 25.4 Å². The van der Waals surface area contributed by atoms with Crippen LogP contribution in [0.5, 0.6) is 0 Å². The number of methoxy groups -OCH3 is 1. The van der Waals surface area contributed by atoms with Gasteiger partial charge in [-0.25, -0.2) is 4.98 Å². The molecule has 0 radical (unpaired) electrons. The topological polar surface area (TPSA) is 87.1 Å². The summed E-state index contributed by atoms with van der Waals surface area (Å²) in [5.74, 6) is 1.29. The average Bonchev–Trinajstić information content (AvgIpc) is 2.99. The Balaban J connectivity index is 1.92. The van der Waals surface area contributed by atoms with Gasteiger partial charge in [-0.15, -0.1) is 0 Å². The van der Waals surface area contributed by atoms with Crippen LogP contribution in [0.15, 0.2) is 53.2 Å². The minimum absolute atomic E-state index is 0.370. The minimum atomic E-state index is -0.370. The number of aromatic nitrogens is 3. The van der Waals surface area contributed by atoms with E-state index in [9.17, 15) is 0 Å². The molecule has 0 amide bonds. The molecule has 3 rings (SSSR count). The molecule has 21 heavy (non-hydrogen) atoms.